The summed E-state index contributed by atoms with van der Waals surface area (Å²) < 4.78 is 0. The summed E-state index contributed by atoms with van der Waals surface area (Å²) in [5.41, 5.74) is 5.86. The molecule has 3 N–H and O–H groups in total. The SMILES string of the molecule is CNC1=C(C(N)=O)CCS1. The van der Waals surface area contributed by atoms with Crippen molar-refractivity contribution in [1.29, 1.82) is 0 Å². The Bertz CT molecular complexity index is 188. The van der Waals surface area contributed by atoms with Crippen molar-refractivity contribution < 1.29 is 4.79 Å². The number of thioether (sulfide) groups is 1. The van der Waals surface area contributed by atoms with E-state index in [2.05, 4.69) is 5.32 Å². The standard InChI is InChI=1S/C6H10N2OS/c1-8-6-4(5(7)9)2-3-10-6/h8H,2-3H2,1H3,(H2,7,9). The summed E-state index contributed by atoms with van der Waals surface area (Å²) in [7, 11) is 1.80. The van der Waals surface area contributed by atoms with E-state index < -0.39 is 0 Å². The maximum atomic E-state index is 10.7. The van der Waals surface area contributed by atoms with Gasteiger partial charge in [-0.2, -0.15) is 0 Å². The van der Waals surface area contributed by atoms with Crippen LogP contribution in [0.25, 0.3) is 0 Å². The van der Waals surface area contributed by atoms with Crippen LogP contribution in [0.5, 0.6) is 0 Å². The van der Waals surface area contributed by atoms with Crippen LogP contribution in [0.15, 0.2) is 10.6 Å². The van der Waals surface area contributed by atoms with E-state index in [4.69, 9.17) is 5.73 Å². The van der Waals surface area contributed by atoms with Gasteiger partial charge in [-0.1, -0.05) is 0 Å². The summed E-state index contributed by atoms with van der Waals surface area (Å²) in [5, 5.41) is 3.87. The third-order valence-corrected chi connectivity index (χ3v) is 2.54. The fourth-order valence-corrected chi connectivity index (χ4v) is 1.95. The summed E-state index contributed by atoms with van der Waals surface area (Å²) in [4.78, 5) is 10.7. The van der Waals surface area contributed by atoms with Gasteiger partial charge in [-0.3, -0.25) is 4.79 Å². The summed E-state index contributed by atoms with van der Waals surface area (Å²) >= 11 is 1.65. The van der Waals surface area contributed by atoms with Gasteiger partial charge in [0.2, 0.25) is 5.91 Å². The minimum Gasteiger partial charge on any atom is -0.383 e. The van der Waals surface area contributed by atoms with Crippen LogP contribution in [0, 0.1) is 0 Å². The van der Waals surface area contributed by atoms with Gasteiger partial charge in [0.05, 0.1) is 5.03 Å². The van der Waals surface area contributed by atoms with Crippen LogP contribution in [0.3, 0.4) is 0 Å². The largest absolute Gasteiger partial charge is 0.383 e. The molecule has 1 aliphatic heterocycles. The van der Waals surface area contributed by atoms with Crippen molar-refractivity contribution in [2.24, 2.45) is 5.73 Å². The number of carbonyl (C=O) groups excluding carboxylic acids is 1. The molecule has 4 heteroatoms. The third kappa shape index (κ3) is 1.26. The van der Waals surface area contributed by atoms with E-state index in [1.807, 2.05) is 0 Å². The molecular weight excluding hydrogens is 148 g/mol. The average molecular weight is 158 g/mol. The van der Waals surface area contributed by atoms with Gasteiger partial charge in [0.1, 0.15) is 0 Å². The second-order valence-electron chi connectivity index (χ2n) is 2.02. The first-order valence-electron chi connectivity index (χ1n) is 3.09. The Kier molecular flexibility index (Phi) is 2.21. The quantitative estimate of drug-likeness (QED) is 0.596. The highest BCUT2D eigenvalue weighted by molar-refractivity contribution is 8.03. The topological polar surface area (TPSA) is 55.1 Å². The Morgan fingerprint density at radius 3 is 2.90 bits per heavy atom. The highest BCUT2D eigenvalue weighted by atomic mass is 32.2. The molecule has 0 spiro atoms. The van der Waals surface area contributed by atoms with Crippen LogP contribution < -0.4 is 11.1 Å². The first-order valence-corrected chi connectivity index (χ1v) is 4.07. The number of hydrogen-bond acceptors (Lipinski definition) is 3. The van der Waals surface area contributed by atoms with Crippen LogP contribution in [0.1, 0.15) is 6.42 Å². The van der Waals surface area contributed by atoms with Crippen LogP contribution in [-0.2, 0) is 4.79 Å². The molecule has 0 atom stereocenters. The molecule has 1 heterocycles. The van der Waals surface area contributed by atoms with Gasteiger partial charge in [0.15, 0.2) is 0 Å². The number of rotatable bonds is 2. The first-order chi connectivity index (χ1) is 4.75. The van der Waals surface area contributed by atoms with E-state index >= 15 is 0 Å². The Morgan fingerprint density at radius 1 is 1.80 bits per heavy atom. The monoisotopic (exact) mass is 158 g/mol. The van der Waals surface area contributed by atoms with Gasteiger partial charge in [-0.15, -0.1) is 11.8 Å². The second kappa shape index (κ2) is 2.96. The Hall–Kier alpha value is -0.640. The average Bonchev–Trinajstić information content (AvgIpc) is 2.33. The van der Waals surface area contributed by atoms with Gasteiger partial charge in [-0.25, -0.2) is 0 Å². The molecule has 0 radical (unpaired) electrons. The van der Waals surface area contributed by atoms with E-state index in [-0.39, 0.29) is 5.91 Å². The van der Waals surface area contributed by atoms with Crippen molar-refractivity contribution in [3.63, 3.8) is 0 Å². The van der Waals surface area contributed by atoms with E-state index in [1.165, 1.54) is 0 Å². The minimum absolute atomic E-state index is 0.297. The van der Waals surface area contributed by atoms with Crippen molar-refractivity contribution in [2.45, 2.75) is 6.42 Å². The molecular formula is C6H10N2OS. The summed E-state index contributed by atoms with van der Waals surface area (Å²) in [6.45, 7) is 0. The van der Waals surface area contributed by atoms with Crippen LogP contribution in [0.2, 0.25) is 0 Å². The molecule has 0 saturated heterocycles. The van der Waals surface area contributed by atoms with Crippen molar-refractivity contribution in [3.8, 4) is 0 Å². The Balaban J connectivity index is 2.78. The summed E-state index contributed by atoms with van der Waals surface area (Å²) in [6.07, 6.45) is 0.802. The molecule has 1 rings (SSSR count). The number of primary amides is 1. The van der Waals surface area contributed by atoms with Crippen molar-refractivity contribution in [1.82, 2.24) is 5.32 Å². The third-order valence-electron chi connectivity index (χ3n) is 1.40. The molecule has 0 unspecified atom stereocenters. The Morgan fingerprint density at radius 2 is 2.50 bits per heavy atom. The second-order valence-corrected chi connectivity index (χ2v) is 3.13. The molecule has 56 valence electrons. The van der Waals surface area contributed by atoms with Crippen molar-refractivity contribution in [2.75, 3.05) is 12.8 Å². The lowest BCUT2D eigenvalue weighted by Crippen LogP contribution is -2.16. The zero-order valence-electron chi connectivity index (χ0n) is 5.81. The normalized spacial score (nSPS) is 17.7. The van der Waals surface area contributed by atoms with E-state index in [0.717, 1.165) is 22.8 Å². The number of carbonyl (C=O) groups is 1. The minimum atomic E-state index is -0.297. The molecule has 0 aromatic rings. The molecule has 0 bridgehead atoms. The fourth-order valence-electron chi connectivity index (χ4n) is 0.914. The smallest absolute Gasteiger partial charge is 0.247 e. The molecule has 0 aromatic heterocycles. The number of hydrogen-bond donors (Lipinski definition) is 2. The lowest BCUT2D eigenvalue weighted by atomic mass is 10.2. The molecule has 0 aromatic carbocycles. The molecule has 0 fully saturated rings. The van der Waals surface area contributed by atoms with Gasteiger partial charge < -0.3 is 11.1 Å². The van der Waals surface area contributed by atoms with Crippen LogP contribution in [0.4, 0.5) is 0 Å². The molecule has 1 amide bonds. The van der Waals surface area contributed by atoms with Crippen molar-refractivity contribution in [3.05, 3.63) is 10.6 Å². The molecule has 0 saturated carbocycles. The lowest BCUT2D eigenvalue weighted by Gasteiger charge is -1.99. The summed E-state index contributed by atoms with van der Waals surface area (Å²) in [5.74, 6) is 0.670. The van der Waals surface area contributed by atoms with Gasteiger partial charge in [0, 0.05) is 18.4 Å². The predicted octanol–water partition coefficient (Wildman–Crippen LogP) is 0.0396. The highest BCUT2D eigenvalue weighted by Gasteiger charge is 2.17. The number of nitrogens with one attached hydrogen (secondary N) is 1. The molecule has 3 nitrogen and oxygen atoms in total. The first kappa shape index (κ1) is 7.47. The molecule has 10 heavy (non-hydrogen) atoms. The number of nitrogens with two attached hydrogens (primary N) is 1. The summed E-state index contributed by atoms with van der Waals surface area (Å²) in [6, 6.07) is 0. The van der Waals surface area contributed by atoms with E-state index in [9.17, 15) is 4.79 Å². The number of amides is 1. The van der Waals surface area contributed by atoms with Crippen LogP contribution >= 0.6 is 11.8 Å². The maximum absolute atomic E-state index is 10.7. The molecule has 1 aliphatic rings. The van der Waals surface area contributed by atoms with E-state index in [1.54, 1.807) is 18.8 Å². The van der Waals surface area contributed by atoms with Crippen molar-refractivity contribution >= 4 is 17.7 Å². The maximum Gasteiger partial charge on any atom is 0.247 e. The lowest BCUT2D eigenvalue weighted by molar-refractivity contribution is -0.114. The fraction of sp³-hybridized carbons (Fsp3) is 0.500. The molecule has 0 aliphatic carbocycles. The van der Waals surface area contributed by atoms with Gasteiger partial charge in [0.25, 0.3) is 0 Å². The predicted molar refractivity (Wildman–Crippen MR) is 42.4 cm³/mol. The van der Waals surface area contributed by atoms with Gasteiger partial charge >= 0.3 is 0 Å². The zero-order valence-corrected chi connectivity index (χ0v) is 6.62. The zero-order chi connectivity index (χ0) is 7.56. The Labute approximate surface area is 64.0 Å². The highest BCUT2D eigenvalue weighted by Crippen LogP contribution is 2.28. The van der Waals surface area contributed by atoms with Crippen LogP contribution in [-0.4, -0.2) is 18.7 Å². The van der Waals surface area contributed by atoms with Gasteiger partial charge in [-0.05, 0) is 6.42 Å². The van der Waals surface area contributed by atoms with E-state index in [0.29, 0.717) is 0 Å².